The molecule has 2 heterocycles. The summed E-state index contributed by atoms with van der Waals surface area (Å²) in [5.74, 6) is 0. The predicted octanol–water partition coefficient (Wildman–Crippen LogP) is 2.56. The average Bonchev–Trinajstić information content (AvgIpc) is 3.08. The molecule has 1 aliphatic heterocycles. The van der Waals surface area contributed by atoms with Crippen LogP contribution in [0.15, 0.2) is 5.38 Å². The van der Waals surface area contributed by atoms with Crippen molar-refractivity contribution in [2.45, 2.75) is 52.2 Å². The van der Waals surface area contributed by atoms with Crippen LogP contribution in [0.4, 0.5) is 0 Å². The molecule has 120 valence electrons. The molecule has 1 N–H and O–H groups in total. The van der Waals surface area contributed by atoms with Crippen LogP contribution in [0, 0.1) is 0 Å². The minimum absolute atomic E-state index is 0.740. The maximum Gasteiger partial charge on any atom is 0.107 e. The highest BCUT2D eigenvalue weighted by molar-refractivity contribution is 7.09. The molecule has 1 aromatic rings. The van der Waals surface area contributed by atoms with E-state index in [1.54, 1.807) is 11.3 Å². The van der Waals surface area contributed by atoms with E-state index >= 15 is 0 Å². The Morgan fingerprint density at radius 1 is 1.48 bits per heavy atom. The molecule has 4 nitrogen and oxygen atoms in total. The lowest BCUT2D eigenvalue weighted by Crippen LogP contribution is -2.38. The van der Waals surface area contributed by atoms with Crippen LogP contribution in [0.3, 0.4) is 0 Å². The molecule has 0 aliphatic carbocycles. The van der Waals surface area contributed by atoms with Gasteiger partial charge in [-0.25, -0.2) is 4.98 Å². The molecule has 5 heteroatoms. The molecule has 0 aromatic carbocycles. The van der Waals surface area contributed by atoms with Crippen molar-refractivity contribution in [3.63, 3.8) is 0 Å². The minimum atomic E-state index is 0.740. The highest BCUT2D eigenvalue weighted by Gasteiger charge is 2.24. The first-order valence-corrected chi connectivity index (χ1v) is 9.17. The first kappa shape index (κ1) is 16.9. The number of rotatable bonds is 9. The molecule has 0 bridgehead atoms. The number of likely N-dealkylation sites (N-methyl/N-ethyl adjacent to an activating group) is 2. The molecule has 1 atom stereocenters. The summed E-state index contributed by atoms with van der Waals surface area (Å²) < 4.78 is 0. The number of hydrogen-bond acceptors (Lipinski definition) is 5. The number of aromatic nitrogens is 1. The van der Waals surface area contributed by atoms with E-state index in [-0.39, 0.29) is 0 Å². The van der Waals surface area contributed by atoms with Crippen molar-refractivity contribution in [3.8, 4) is 0 Å². The van der Waals surface area contributed by atoms with Gasteiger partial charge in [0.1, 0.15) is 5.01 Å². The van der Waals surface area contributed by atoms with Crippen LogP contribution in [-0.2, 0) is 13.1 Å². The lowest BCUT2D eigenvalue weighted by atomic mass is 10.2. The van der Waals surface area contributed by atoms with E-state index in [1.807, 2.05) is 0 Å². The Labute approximate surface area is 133 Å². The minimum Gasteiger partial charge on any atom is -0.310 e. The summed E-state index contributed by atoms with van der Waals surface area (Å²) in [5.41, 5.74) is 1.22. The fraction of sp³-hybridized carbons (Fsp3) is 0.812. The molecule has 1 aliphatic rings. The Kier molecular flexibility index (Phi) is 7.10. The van der Waals surface area contributed by atoms with Crippen LogP contribution in [0.5, 0.6) is 0 Å². The van der Waals surface area contributed by atoms with E-state index < -0.39 is 0 Å². The van der Waals surface area contributed by atoms with Gasteiger partial charge in [0.2, 0.25) is 0 Å². The van der Waals surface area contributed by atoms with Gasteiger partial charge in [-0.05, 0) is 45.9 Å². The number of nitrogens with one attached hydrogen (secondary N) is 1. The summed E-state index contributed by atoms with van der Waals surface area (Å²) in [6.07, 6.45) is 3.88. The van der Waals surface area contributed by atoms with E-state index in [0.717, 1.165) is 32.2 Å². The molecule has 1 aromatic heterocycles. The summed E-state index contributed by atoms with van der Waals surface area (Å²) in [5, 5.41) is 6.84. The maximum atomic E-state index is 4.74. The molecule has 0 spiro atoms. The molecule has 21 heavy (non-hydrogen) atoms. The summed E-state index contributed by atoms with van der Waals surface area (Å²) in [6.45, 7) is 11.0. The summed E-state index contributed by atoms with van der Waals surface area (Å²) in [7, 11) is 2.22. The second kappa shape index (κ2) is 8.83. The van der Waals surface area contributed by atoms with E-state index in [1.165, 1.54) is 43.1 Å². The Balaban J connectivity index is 1.75. The van der Waals surface area contributed by atoms with E-state index in [2.05, 4.69) is 41.4 Å². The Hall–Kier alpha value is -0.490. The third-order valence-electron chi connectivity index (χ3n) is 4.16. The molecule has 0 amide bonds. The van der Waals surface area contributed by atoms with Crippen LogP contribution in [-0.4, -0.2) is 54.1 Å². The van der Waals surface area contributed by atoms with Crippen LogP contribution in [0.2, 0.25) is 0 Å². The smallest absolute Gasteiger partial charge is 0.107 e. The number of thiazole rings is 1. The van der Waals surface area contributed by atoms with Crippen molar-refractivity contribution in [1.29, 1.82) is 0 Å². The zero-order valence-electron chi connectivity index (χ0n) is 13.8. The van der Waals surface area contributed by atoms with E-state index in [4.69, 9.17) is 4.98 Å². The summed E-state index contributed by atoms with van der Waals surface area (Å²) in [4.78, 5) is 9.77. The Morgan fingerprint density at radius 3 is 3.10 bits per heavy atom. The zero-order chi connectivity index (χ0) is 15.1. The fourth-order valence-corrected chi connectivity index (χ4v) is 3.85. The van der Waals surface area contributed by atoms with Gasteiger partial charge in [-0.2, -0.15) is 0 Å². The monoisotopic (exact) mass is 310 g/mol. The van der Waals surface area contributed by atoms with Gasteiger partial charge in [0.25, 0.3) is 0 Å². The third-order valence-corrected chi connectivity index (χ3v) is 5.06. The third kappa shape index (κ3) is 5.33. The van der Waals surface area contributed by atoms with Gasteiger partial charge in [0.15, 0.2) is 0 Å². The van der Waals surface area contributed by atoms with Gasteiger partial charge in [0, 0.05) is 31.1 Å². The Morgan fingerprint density at radius 2 is 2.33 bits per heavy atom. The average molecular weight is 311 g/mol. The van der Waals surface area contributed by atoms with E-state index in [0.29, 0.717) is 0 Å². The predicted molar refractivity (Wildman–Crippen MR) is 90.7 cm³/mol. The summed E-state index contributed by atoms with van der Waals surface area (Å²) in [6, 6.07) is 0.740. The highest BCUT2D eigenvalue weighted by Crippen LogP contribution is 2.18. The summed E-state index contributed by atoms with van der Waals surface area (Å²) >= 11 is 1.78. The van der Waals surface area contributed by atoms with Gasteiger partial charge in [0.05, 0.1) is 5.69 Å². The molecule has 0 saturated carbocycles. The van der Waals surface area contributed by atoms with Crippen LogP contribution in [0.25, 0.3) is 0 Å². The normalized spacial score (nSPS) is 19.7. The quantitative estimate of drug-likeness (QED) is 0.710. The van der Waals surface area contributed by atoms with Gasteiger partial charge < -0.3 is 5.32 Å². The Bertz CT molecular complexity index is 407. The van der Waals surface area contributed by atoms with Crippen LogP contribution >= 0.6 is 11.3 Å². The largest absolute Gasteiger partial charge is 0.310 e. The lowest BCUT2D eigenvalue weighted by molar-refractivity contribution is 0.194. The van der Waals surface area contributed by atoms with Crippen molar-refractivity contribution < 1.29 is 0 Å². The van der Waals surface area contributed by atoms with Crippen LogP contribution < -0.4 is 5.32 Å². The SMILES string of the molecule is CCCNCc1nc(CN(C)CC2CCCN2CC)cs1. The molecule has 1 fully saturated rings. The van der Waals surface area contributed by atoms with E-state index in [9.17, 15) is 0 Å². The zero-order valence-corrected chi connectivity index (χ0v) is 14.6. The van der Waals surface area contributed by atoms with Crippen LogP contribution in [0.1, 0.15) is 43.8 Å². The molecule has 1 saturated heterocycles. The lowest BCUT2D eigenvalue weighted by Gasteiger charge is -2.27. The molecule has 2 rings (SSSR count). The second-order valence-electron chi connectivity index (χ2n) is 6.03. The fourth-order valence-electron chi connectivity index (χ4n) is 3.09. The number of nitrogens with zero attached hydrogens (tertiary/aromatic N) is 3. The van der Waals surface area contributed by atoms with Gasteiger partial charge in [-0.1, -0.05) is 13.8 Å². The van der Waals surface area contributed by atoms with Crippen molar-refractivity contribution in [2.24, 2.45) is 0 Å². The molecule has 0 radical (unpaired) electrons. The first-order chi connectivity index (χ1) is 10.2. The maximum absolute atomic E-state index is 4.74. The van der Waals surface area contributed by atoms with Gasteiger partial charge in [-0.3, -0.25) is 9.80 Å². The van der Waals surface area contributed by atoms with Crippen molar-refractivity contribution in [3.05, 3.63) is 16.1 Å². The highest BCUT2D eigenvalue weighted by atomic mass is 32.1. The molecular formula is C16H30N4S. The molecular weight excluding hydrogens is 280 g/mol. The van der Waals surface area contributed by atoms with Gasteiger partial charge >= 0.3 is 0 Å². The first-order valence-electron chi connectivity index (χ1n) is 8.29. The topological polar surface area (TPSA) is 31.4 Å². The number of likely N-dealkylation sites (tertiary alicyclic amines) is 1. The standard InChI is InChI=1S/C16H30N4S/c1-4-8-17-10-16-18-14(13-21-16)11-19(3)12-15-7-6-9-20(15)5-2/h13,15,17H,4-12H2,1-3H3. The van der Waals surface area contributed by atoms with Gasteiger partial charge in [-0.15, -0.1) is 11.3 Å². The second-order valence-corrected chi connectivity index (χ2v) is 6.97. The van der Waals surface area contributed by atoms with Crippen molar-refractivity contribution in [2.75, 3.05) is 33.2 Å². The van der Waals surface area contributed by atoms with Crippen molar-refractivity contribution in [1.82, 2.24) is 20.1 Å². The number of hydrogen-bond donors (Lipinski definition) is 1. The van der Waals surface area contributed by atoms with Crippen molar-refractivity contribution >= 4 is 11.3 Å². The molecule has 1 unspecified atom stereocenters.